The maximum absolute atomic E-state index is 10.2. The minimum Gasteiger partial charge on any atom is -0.508 e. The number of rotatable bonds is 4. The predicted octanol–water partition coefficient (Wildman–Crippen LogP) is 13.0. The smallest absolute Gasteiger partial charge is 0.508 e. The molecule has 2 aliphatic rings. The van der Waals surface area contributed by atoms with Gasteiger partial charge in [0.05, 0.1) is 22.8 Å². The second kappa shape index (κ2) is 14.2. The molecule has 4 aromatic carbocycles. The van der Waals surface area contributed by atoms with Crippen molar-refractivity contribution >= 4 is 81.2 Å². The Morgan fingerprint density at radius 2 is 0.604 bits per heavy atom. The van der Waals surface area contributed by atoms with Crippen molar-refractivity contribution in [3.8, 4) is 50.3 Å². The van der Waals surface area contributed by atoms with Crippen molar-refractivity contribution in [2.24, 2.45) is 0 Å². The van der Waals surface area contributed by atoms with E-state index >= 15 is 0 Å². The van der Waals surface area contributed by atoms with Crippen molar-refractivity contribution < 1.29 is 21.9 Å². The molecule has 1 radical (unpaired) electrons. The van der Waals surface area contributed by atoms with Crippen LogP contribution >= 0.6 is 34.8 Å². The van der Waals surface area contributed by atoms with Gasteiger partial charge in [0.15, 0.2) is 0 Å². The van der Waals surface area contributed by atoms with E-state index in [2.05, 4.69) is 46.4 Å². The van der Waals surface area contributed by atoms with Gasteiger partial charge in [-0.2, -0.15) is 0 Å². The number of hydrogen-bond acceptors (Lipinski definition) is 3. The molecular formula is C44H27Cl3CoN4O+2. The Labute approximate surface area is 330 Å². The van der Waals surface area contributed by atoms with E-state index in [1.54, 1.807) is 12.1 Å². The number of phenolic OH excluding ortho intramolecular Hbond substituents is 1. The number of halogens is 3. The Balaban J connectivity index is 0.00000400. The summed E-state index contributed by atoms with van der Waals surface area (Å²) >= 11 is 19.1. The molecular weight excluding hydrogens is 766 g/mol. The van der Waals surface area contributed by atoms with E-state index in [4.69, 9.17) is 44.8 Å². The molecule has 0 saturated carbocycles. The first-order valence-corrected chi connectivity index (χ1v) is 17.7. The first kappa shape index (κ1) is 34.7. The molecule has 3 N–H and O–H groups in total. The molecule has 257 valence electrons. The number of benzene rings is 4. The van der Waals surface area contributed by atoms with E-state index in [1.807, 2.05) is 97.1 Å². The molecule has 0 amide bonds. The minimum atomic E-state index is 0. The summed E-state index contributed by atoms with van der Waals surface area (Å²) in [5, 5.41) is 12.1. The molecule has 53 heavy (non-hydrogen) atoms. The fourth-order valence-electron chi connectivity index (χ4n) is 6.90. The Bertz CT molecular complexity index is 2380. The molecule has 5 nitrogen and oxygen atoms in total. The topological polar surface area (TPSA) is 77.6 Å². The van der Waals surface area contributed by atoms with Gasteiger partial charge in [-0.1, -0.05) is 83.3 Å². The van der Waals surface area contributed by atoms with Crippen LogP contribution in [0, 0.1) is 0 Å². The zero-order valence-electron chi connectivity index (χ0n) is 27.7. The summed E-state index contributed by atoms with van der Waals surface area (Å²) < 4.78 is 0. The SMILES string of the molecule is Oc1ccc(-c2c3nc(c(-c4ccc(Cl)cc4)c4ccc([nH]4)c(-c4ccc(Cl)cc4)c4nc(c(-c5ccc(Cl)cc5)c5ccc2[nH]5)C=C4)C=C3)cc1.[Co+2]. The second-order valence-corrected chi connectivity index (χ2v) is 13.9. The van der Waals surface area contributed by atoms with Crippen LogP contribution in [0.1, 0.15) is 22.8 Å². The number of H-pyrrole nitrogens is 2. The summed E-state index contributed by atoms with van der Waals surface area (Å²) in [4.78, 5) is 18.0. The molecule has 9 rings (SSSR count). The number of aromatic amines is 2. The molecule has 3 aromatic heterocycles. The number of nitrogens with zero attached hydrogens (tertiary/aromatic N) is 2. The molecule has 2 aliphatic heterocycles. The van der Waals surface area contributed by atoms with Crippen molar-refractivity contribution in [2.45, 2.75) is 0 Å². The minimum absolute atomic E-state index is 0. The zero-order chi connectivity index (χ0) is 35.3. The van der Waals surface area contributed by atoms with Crippen LogP contribution in [0.15, 0.2) is 121 Å². The summed E-state index contributed by atoms with van der Waals surface area (Å²) in [6.07, 6.45) is 8.19. The van der Waals surface area contributed by atoms with Crippen LogP contribution in [0.5, 0.6) is 5.75 Å². The van der Waals surface area contributed by atoms with E-state index in [1.165, 1.54) is 0 Å². The zero-order valence-corrected chi connectivity index (χ0v) is 31.0. The third kappa shape index (κ3) is 6.61. The van der Waals surface area contributed by atoms with Crippen LogP contribution in [0.2, 0.25) is 15.1 Å². The molecule has 0 atom stereocenters. The average molecular weight is 793 g/mol. The average Bonchev–Trinajstić information content (AvgIpc) is 3.99. The predicted molar refractivity (Wildman–Crippen MR) is 217 cm³/mol. The largest absolute Gasteiger partial charge is 2.00 e. The fourth-order valence-corrected chi connectivity index (χ4v) is 7.28. The van der Waals surface area contributed by atoms with Gasteiger partial charge in [-0.25, -0.2) is 9.97 Å². The quantitative estimate of drug-likeness (QED) is 0.166. The standard InChI is InChI=1S/C44H27Cl3N4O.Co/c45-29-9-1-25(2-10-29)41-33-17-19-35(48-33)42(26-3-11-30(46)12-4-26)37-21-23-39(50-37)44(28-7-15-32(52)16-8-28)40-24-22-38(51-40)43(36-20-18-34(41)49-36)27-5-13-31(47)14-6-27;/h1-24,48,51-52H;/q;+2. The Morgan fingerprint density at radius 1 is 0.358 bits per heavy atom. The van der Waals surface area contributed by atoms with Crippen LogP contribution < -0.4 is 0 Å². The summed E-state index contributed by atoms with van der Waals surface area (Å²) in [5.41, 5.74) is 14.1. The van der Waals surface area contributed by atoms with Gasteiger partial charge in [0.2, 0.25) is 0 Å². The normalized spacial score (nSPS) is 11.8. The van der Waals surface area contributed by atoms with E-state index in [9.17, 15) is 5.11 Å². The Kier molecular flexibility index (Phi) is 9.33. The van der Waals surface area contributed by atoms with Crippen LogP contribution in [0.4, 0.5) is 0 Å². The summed E-state index contributed by atoms with van der Waals surface area (Å²) in [7, 11) is 0. The number of aromatic hydroxyl groups is 1. The number of nitrogens with one attached hydrogen (secondary N) is 2. The molecule has 0 saturated heterocycles. The molecule has 8 bridgehead atoms. The second-order valence-electron chi connectivity index (χ2n) is 12.6. The van der Waals surface area contributed by atoms with Gasteiger partial charge in [-0.15, -0.1) is 0 Å². The van der Waals surface area contributed by atoms with Crippen molar-refractivity contribution in [1.29, 1.82) is 0 Å². The van der Waals surface area contributed by atoms with Crippen LogP contribution in [0.25, 0.3) is 90.9 Å². The van der Waals surface area contributed by atoms with Crippen LogP contribution in [0.3, 0.4) is 0 Å². The summed E-state index contributed by atoms with van der Waals surface area (Å²) in [6, 6.07) is 38.9. The van der Waals surface area contributed by atoms with Gasteiger partial charge in [0.25, 0.3) is 0 Å². The van der Waals surface area contributed by atoms with Crippen molar-refractivity contribution in [3.63, 3.8) is 0 Å². The van der Waals surface area contributed by atoms with Gasteiger partial charge >= 0.3 is 16.8 Å². The van der Waals surface area contributed by atoms with Gasteiger partial charge < -0.3 is 15.1 Å². The van der Waals surface area contributed by atoms with Crippen LogP contribution in [-0.2, 0) is 16.8 Å². The number of aromatic nitrogens is 4. The molecule has 7 aromatic rings. The van der Waals surface area contributed by atoms with Gasteiger partial charge in [0.1, 0.15) is 5.75 Å². The van der Waals surface area contributed by atoms with Crippen molar-refractivity contribution in [3.05, 3.63) is 159 Å². The number of hydrogen-bond donors (Lipinski definition) is 3. The maximum atomic E-state index is 10.2. The summed E-state index contributed by atoms with van der Waals surface area (Å²) in [6.45, 7) is 0. The van der Waals surface area contributed by atoms with Gasteiger partial charge in [-0.05, 0) is 119 Å². The maximum Gasteiger partial charge on any atom is 2.00 e. The van der Waals surface area contributed by atoms with Gasteiger partial charge in [0, 0.05) is 59.4 Å². The third-order valence-corrected chi connectivity index (χ3v) is 10.1. The monoisotopic (exact) mass is 791 g/mol. The number of phenols is 1. The van der Waals surface area contributed by atoms with Crippen molar-refractivity contribution in [1.82, 2.24) is 19.9 Å². The van der Waals surface area contributed by atoms with Gasteiger partial charge in [-0.3, -0.25) is 0 Å². The molecule has 0 aliphatic carbocycles. The summed E-state index contributed by atoms with van der Waals surface area (Å²) in [5.74, 6) is 0.188. The molecule has 0 spiro atoms. The first-order valence-electron chi connectivity index (χ1n) is 16.6. The molecule has 0 fully saturated rings. The van der Waals surface area contributed by atoms with Crippen LogP contribution in [-0.4, -0.2) is 25.0 Å². The third-order valence-electron chi connectivity index (χ3n) is 9.31. The van der Waals surface area contributed by atoms with Crippen molar-refractivity contribution in [2.75, 3.05) is 0 Å². The van der Waals surface area contributed by atoms with E-state index < -0.39 is 0 Å². The van der Waals surface area contributed by atoms with E-state index in [-0.39, 0.29) is 22.5 Å². The fraction of sp³-hybridized carbons (Fsp3) is 0. The van der Waals surface area contributed by atoms with E-state index in [0.29, 0.717) is 15.1 Å². The Hall–Kier alpha value is -5.34. The number of fused-ring (bicyclic) bond motifs is 8. The molecule has 5 heterocycles. The Morgan fingerprint density at radius 3 is 0.868 bits per heavy atom. The molecule has 9 heteroatoms. The first-order chi connectivity index (χ1) is 25.4. The molecule has 0 unspecified atom stereocenters. The van der Waals surface area contributed by atoms with E-state index in [0.717, 1.165) is 89.4 Å².